The maximum Gasteiger partial charge on any atom is 0.261 e. The van der Waals surface area contributed by atoms with Gasteiger partial charge in [-0.2, -0.15) is 0 Å². The molecule has 3 rings (SSSR count). The van der Waals surface area contributed by atoms with Gasteiger partial charge in [0.15, 0.2) is 10.7 Å². The molecule has 28 heavy (non-hydrogen) atoms. The van der Waals surface area contributed by atoms with Gasteiger partial charge in [0, 0.05) is 11.9 Å². The van der Waals surface area contributed by atoms with Crippen molar-refractivity contribution in [3.8, 4) is 0 Å². The van der Waals surface area contributed by atoms with Gasteiger partial charge in [-0.1, -0.05) is 81.4 Å². The van der Waals surface area contributed by atoms with Crippen LogP contribution in [0.1, 0.15) is 40.5 Å². The average molecular weight is 415 g/mol. The molecule has 1 N–H and O–H groups in total. The van der Waals surface area contributed by atoms with Crippen LogP contribution < -0.4 is 10.4 Å². The van der Waals surface area contributed by atoms with Crippen LogP contribution in [0.25, 0.3) is 0 Å². The van der Waals surface area contributed by atoms with Gasteiger partial charge >= 0.3 is 0 Å². The molecule has 0 saturated carbocycles. The third-order valence-corrected chi connectivity index (χ3v) is 12.2. The highest BCUT2D eigenvalue weighted by molar-refractivity contribution is 8.02. The molecular formula is C23H30O3SSi. The Morgan fingerprint density at radius 1 is 1.11 bits per heavy atom. The highest BCUT2D eigenvalue weighted by Gasteiger charge is 2.51. The lowest BCUT2D eigenvalue weighted by atomic mass is 10.1. The molecule has 1 heterocycles. The van der Waals surface area contributed by atoms with Crippen molar-refractivity contribution in [2.24, 2.45) is 0 Å². The van der Waals surface area contributed by atoms with E-state index < -0.39 is 13.3 Å². The number of ketones is 1. The maximum absolute atomic E-state index is 11.8. The lowest BCUT2D eigenvalue weighted by molar-refractivity contribution is -0.127. The Kier molecular flexibility index (Phi) is 6.20. The van der Waals surface area contributed by atoms with Crippen LogP contribution in [-0.2, 0) is 9.22 Å². The molecule has 2 atom stereocenters. The summed E-state index contributed by atoms with van der Waals surface area (Å²) in [7, 11) is -2.57. The van der Waals surface area contributed by atoms with E-state index in [9.17, 15) is 9.90 Å². The third kappa shape index (κ3) is 3.99. The average Bonchev–Trinajstić information content (AvgIpc) is 3.06. The fraction of sp³-hybridized carbons (Fsp3) is 0.435. The number of benzene rings is 2. The summed E-state index contributed by atoms with van der Waals surface area (Å²) in [6.45, 7) is 8.78. The van der Waals surface area contributed by atoms with Crippen molar-refractivity contribution >= 4 is 36.2 Å². The smallest absolute Gasteiger partial charge is 0.261 e. The highest BCUT2D eigenvalue weighted by Crippen LogP contribution is 2.43. The Morgan fingerprint density at radius 3 is 2.00 bits per heavy atom. The molecule has 5 heteroatoms. The first kappa shape index (κ1) is 21.3. The summed E-state index contributed by atoms with van der Waals surface area (Å²) in [5.74, 6) is -0.162. The van der Waals surface area contributed by atoms with Gasteiger partial charge in [0.05, 0.1) is 0 Å². The molecule has 150 valence electrons. The van der Waals surface area contributed by atoms with Crippen molar-refractivity contribution < 1.29 is 14.3 Å². The van der Waals surface area contributed by atoms with Crippen LogP contribution in [0, 0.1) is 0 Å². The van der Waals surface area contributed by atoms with Crippen LogP contribution in [0.3, 0.4) is 0 Å². The van der Waals surface area contributed by atoms with E-state index in [1.54, 1.807) is 0 Å². The fourth-order valence-corrected chi connectivity index (χ4v) is 10.2. The molecule has 1 aliphatic heterocycles. The van der Waals surface area contributed by atoms with E-state index >= 15 is 0 Å². The van der Waals surface area contributed by atoms with Crippen molar-refractivity contribution in [2.75, 3.05) is 6.61 Å². The lowest BCUT2D eigenvalue weighted by Crippen LogP contribution is -2.67. The number of aliphatic hydroxyl groups is 1. The second kappa shape index (κ2) is 8.15. The number of rotatable bonds is 6. The van der Waals surface area contributed by atoms with E-state index in [1.165, 1.54) is 29.1 Å². The summed E-state index contributed by atoms with van der Waals surface area (Å²) >= 11 is 1.37. The van der Waals surface area contributed by atoms with Gasteiger partial charge in [-0.15, -0.1) is 11.8 Å². The Hall–Kier alpha value is -1.40. The molecule has 2 aromatic rings. The second-order valence-electron chi connectivity index (χ2n) is 8.59. The van der Waals surface area contributed by atoms with Crippen LogP contribution in [0.4, 0.5) is 0 Å². The van der Waals surface area contributed by atoms with Gasteiger partial charge in [-0.25, -0.2) is 0 Å². The normalized spacial score (nSPS) is 23.0. The van der Waals surface area contributed by atoms with E-state index in [-0.39, 0.29) is 16.1 Å². The zero-order valence-electron chi connectivity index (χ0n) is 17.1. The lowest BCUT2D eigenvalue weighted by Gasteiger charge is -2.43. The van der Waals surface area contributed by atoms with E-state index in [0.29, 0.717) is 13.0 Å². The molecule has 3 nitrogen and oxygen atoms in total. The summed E-state index contributed by atoms with van der Waals surface area (Å²) in [5, 5.41) is 13.1. The first-order valence-corrected chi connectivity index (χ1v) is 12.6. The third-order valence-electron chi connectivity index (χ3n) is 5.62. The summed E-state index contributed by atoms with van der Waals surface area (Å²) in [4.78, 5) is 10.6. The largest absolute Gasteiger partial charge is 0.406 e. The zero-order chi connectivity index (χ0) is 20.4. The standard InChI is InChI=1S/C23H30O3SSi/c1-18(24)23(25)16-15-19(27-23)17-26-28(22(2,3)4,20-11-7-5-8-12-20)21-13-9-6-10-14-21/h5-14,19,25H,15-17H2,1-4H3/t19-,23?/m0/s1. The number of carbonyl (C=O) groups is 1. The first-order valence-electron chi connectivity index (χ1n) is 9.85. The van der Waals surface area contributed by atoms with E-state index in [1.807, 2.05) is 12.1 Å². The number of Topliss-reactive ketones (excluding diaryl/α,β-unsaturated/α-hetero) is 1. The van der Waals surface area contributed by atoms with Crippen molar-refractivity contribution in [1.82, 2.24) is 0 Å². The molecule has 1 fully saturated rings. The highest BCUT2D eigenvalue weighted by atomic mass is 32.2. The van der Waals surface area contributed by atoms with Crippen LogP contribution in [0.5, 0.6) is 0 Å². The summed E-state index contributed by atoms with van der Waals surface area (Å²) in [6.07, 6.45) is 1.29. The Morgan fingerprint density at radius 2 is 1.61 bits per heavy atom. The topological polar surface area (TPSA) is 46.5 Å². The van der Waals surface area contributed by atoms with Gasteiger partial charge in [0.2, 0.25) is 0 Å². The molecule has 1 unspecified atom stereocenters. The van der Waals surface area contributed by atoms with Gasteiger partial charge in [0.25, 0.3) is 8.32 Å². The molecular weight excluding hydrogens is 384 g/mol. The molecule has 1 saturated heterocycles. The molecule has 1 aliphatic rings. The Labute approximate surface area is 173 Å². The van der Waals surface area contributed by atoms with Crippen LogP contribution in [-0.4, -0.2) is 36.0 Å². The van der Waals surface area contributed by atoms with Crippen molar-refractivity contribution in [3.05, 3.63) is 60.7 Å². The second-order valence-corrected chi connectivity index (χ2v) is 14.5. The molecule has 2 aromatic carbocycles. The maximum atomic E-state index is 11.8. The Bertz CT molecular complexity index is 764. The van der Waals surface area contributed by atoms with Gasteiger partial charge in [0.1, 0.15) is 0 Å². The van der Waals surface area contributed by atoms with Crippen LogP contribution in [0.2, 0.25) is 5.04 Å². The first-order chi connectivity index (χ1) is 13.2. The molecule has 0 bridgehead atoms. The predicted octanol–water partition coefficient (Wildman–Crippen LogP) is 3.74. The summed E-state index contributed by atoms with van der Waals surface area (Å²) < 4.78 is 6.92. The fourth-order valence-electron chi connectivity index (χ4n) is 4.11. The van der Waals surface area contributed by atoms with E-state index in [4.69, 9.17) is 4.43 Å². The van der Waals surface area contributed by atoms with Gasteiger partial charge in [-0.05, 0) is 35.2 Å². The number of thioether (sulfide) groups is 1. The molecule has 0 spiro atoms. The van der Waals surface area contributed by atoms with Gasteiger partial charge in [-0.3, -0.25) is 4.79 Å². The van der Waals surface area contributed by atoms with Crippen molar-refractivity contribution in [1.29, 1.82) is 0 Å². The quantitative estimate of drug-likeness (QED) is 0.732. The van der Waals surface area contributed by atoms with E-state index in [0.717, 1.165) is 6.42 Å². The summed E-state index contributed by atoms with van der Waals surface area (Å²) in [6, 6.07) is 21.1. The zero-order valence-corrected chi connectivity index (χ0v) is 19.0. The Balaban J connectivity index is 1.97. The predicted molar refractivity (Wildman–Crippen MR) is 120 cm³/mol. The van der Waals surface area contributed by atoms with Gasteiger partial charge < -0.3 is 9.53 Å². The van der Waals surface area contributed by atoms with Crippen LogP contribution in [0.15, 0.2) is 60.7 Å². The van der Waals surface area contributed by atoms with Crippen LogP contribution >= 0.6 is 11.8 Å². The minimum Gasteiger partial charge on any atom is -0.406 e. The minimum atomic E-state index is -2.57. The monoisotopic (exact) mass is 414 g/mol. The molecule has 0 aliphatic carbocycles. The number of carbonyl (C=O) groups excluding carboxylic acids is 1. The van der Waals surface area contributed by atoms with E-state index in [2.05, 4.69) is 69.3 Å². The minimum absolute atomic E-state index is 0.0736. The molecule has 0 aromatic heterocycles. The molecule has 0 amide bonds. The summed E-state index contributed by atoms with van der Waals surface area (Å²) in [5.41, 5.74) is 0. The molecule has 0 radical (unpaired) electrons. The van der Waals surface area contributed by atoms with Crippen molar-refractivity contribution in [3.63, 3.8) is 0 Å². The number of hydrogen-bond donors (Lipinski definition) is 1. The SMILES string of the molecule is CC(=O)C1(O)CC[C@@H](CO[Si](c2ccccc2)(c2ccccc2)C(C)(C)C)S1. The number of hydrogen-bond acceptors (Lipinski definition) is 4. The van der Waals surface area contributed by atoms with Crippen molar-refractivity contribution in [2.45, 2.75) is 55.8 Å².